The van der Waals surface area contributed by atoms with E-state index in [0.717, 1.165) is 39.3 Å². The van der Waals surface area contributed by atoms with Crippen LogP contribution in [-0.2, 0) is 4.74 Å². The first kappa shape index (κ1) is 14.9. The minimum Gasteiger partial charge on any atom is -0.376 e. The quantitative estimate of drug-likeness (QED) is 0.936. The Bertz CT molecular complexity index is 599. The molecule has 0 saturated carbocycles. The van der Waals surface area contributed by atoms with E-state index in [9.17, 15) is 4.79 Å². The van der Waals surface area contributed by atoms with Crippen molar-refractivity contribution < 1.29 is 9.53 Å². The minimum atomic E-state index is -0.183. The fourth-order valence-electron chi connectivity index (χ4n) is 2.62. The second kappa shape index (κ2) is 6.38. The van der Waals surface area contributed by atoms with Crippen LogP contribution >= 0.6 is 23.1 Å². The zero-order valence-corrected chi connectivity index (χ0v) is 13.7. The van der Waals surface area contributed by atoms with Gasteiger partial charge in [-0.05, 0) is 41.9 Å². The fraction of sp³-hybridized carbons (Fsp3) is 0.438. The van der Waals surface area contributed by atoms with Crippen LogP contribution in [0.15, 0.2) is 30.3 Å². The Hall–Kier alpha value is -1.04. The lowest BCUT2D eigenvalue weighted by Gasteiger charge is -2.35. The van der Waals surface area contributed by atoms with Gasteiger partial charge < -0.3 is 10.1 Å². The third-order valence-corrected chi connectivity index (χ3v) is 6.16. The maximum absolute atomic E-state index is 12.4. The number of thiophene rings is 1. The fourth-order valence-corrected chi connectivity index (χ4v) is 4.83. The largest absolute Gasteiger partial charge is 0.376 e. The number of methoxy groups -OCH3 is 1. The van der Waals surface area contributed by atoms with Crippen molar-refractivity contribution in [3.63, 3.8) is 0 Å². The van der Waals surface area contributed by atoms with E-state index in [0.29, 0.717) is 6.54 Å². The molecule has 0 atom stereocenters. The van der Waals surface area contributed by atoms with Crippen LogP contribution in [0, 0.1) is 0 Å². The molecule has 3 nitrogen and oxygen atoms in total. The van der Waals surface area contributed by atoms with E-state index >= 15 is 0 Å². The Kier molecular flexibility index (Phi) is 4.52. The highest BCUT2D eigenvalue weighted by Crippen LogP contribution is 2.30. The molecule has 1 saturated heterocycles. The van der Waals surface area contributed by atoms with E-state index in [2.05, 4.69) is 5.32 Å². The maximum atomic E-state index is 12.4. The molecular formula is C16H19NO2S2. The van der Waals surface area contributed by atoms with Gasteiger partial charge in [0.2, 0.25) is 0 Å². The van der Waals surface area contributed by atoms with Crippen molar-refractivity contribution in [2.45, 2.75) is 18.4 Å². The highest BCUT2D eigenvalue weighted by molar-refractivity contribution is 7.99. The molecule has 21 heavy (non-hydrogen) atoms. The van der Waals surface area contributed by atoms with Gasteiger partial charge in [-0.2, -0.15) is 11.8 Å². The van der Waals surface area contributed by atoms with E-state index in [1.54, 1.807) is 18.4 Å². The summed E-state index contributed by atoms with van der Waals surface area (Å²) < 4.78 is 6.85. The van der Waals surface area contributed by atoms with Gasteiger partial charge in [-0.15, -0.1) is 11.3 Å². The molecule has 1 N–H and O–H groups in total. The standard InChI is InChI=1S/C16H19NO2S2/c1-19-16(6-8-20-9-7-16)11-17-15(18)14-10-12-4-2-3-5-13(12)21-14/h2-5,10H,6-9,11H2,1H3,(H,17,18). The Balaban J connectivity index is 1.68. The number of amides is 1. The molecule has 1 amide bonds. The van der Waals surface area contributed by atoms with Gasteiger partial charge in [0.05, 0.1) is 10.5 Å². The molecule has 2 aromatic rings. The first-order valence-electron chi connectivity index (χ1n) is 7.12. The summed E-state index contributed by atoms with van der Waals surface area (Å²) in [7, 11) is 1.75. The van der Waals surface area contributed by atoms with Crippen molar-refractivity contribution in [2.75, 3.05) is 25.2 Å². The molecule has 1 fully saturated rings. The number of carbonyl (C=O) groups excluding carboxylic acids is 1. The number of hydrogen-bond acceptors (Lipinski definition) is 4. The SMILES string of the molecule is COC1(CNC(=O)c2cc3ccccc3s2)CCSCC1. The summed E-state index contributed by atoms with van der Waals surface area (Å²) in [5.41, 5.74) is -0.183. The summed E-state index contributed by atoms with van der Waals surface area (Å²) in [6.07, 6.45) is 2.00. The first-order chi connectivity index (χ1) is 10.2. The highest BCUT2D eigenvalue weighted by atomic mass is 32.2. The lowest BCUT2D eigenvalue weighted by molar-refractivity contribution is -0.0149. The molecule has 1 aliphatic rings. The van der Waals surface area contributed by atoms with Crippen molar-refractivity contribution in [1.29, 1.82) is 0 Å². The summed E-state index contributed by atoms with van der Waals surface area (Å²) in [4.78, 5) is 13.1. The minimum absolute atomic E-state index is 0.00542. The predicted molar refractivity (Wildman–Crippen MR) is 90.5 cm³/mol. The van der Waals surface area contributed by atoms with E-state index < -0.39 is 0 Å². The zero-order chi connectivity index (χ0) is 14.7. The van der Waals surface area contributed by atoms with Gasteiger partial charge in [0, 0.05) is 18.4 Å². The lowest BCUT2D eigenvalue weighted by Crippen LogP contribution is -2.46. The number of thioether (sulfide) groups is 1. The molecule has 1 aromatic carbocycles. The van der Waals surface area contributed by atoms with Gasteiger partial charge in [-0.1, -0.05) is 18.2 Å². The van der Waals surface area contributed by atoms with E-state index in [4.69, 9.17) is 4.74 Å². The third-order valence-electron chi connectivity index (χ3n) is 4.06. The monoisotopic (exact) mass is 321 g/mol. The van der Waals surface area contributed by atoms with Gasteiger partial charge in [-0.3, -0.25) is 4.79 Å². The summed E-state index contributed by atoms with van der Waals surface area (Å²) in [6.45, 7) is 0.594. The number of ether oxygens (including phenoxy) is 1. The molecule has 0 aliphatic carbocycles. The van der Waals surface area contributed by atoms with Crippen LogP contribution in [0.1, 0.15) is 22.5 Å². The number of hydrogen-bond donors (Lipinski definition) is 1. The summed E-state index contributed by atoms with van der Waals surface area (Å²) in [5.74, 6) is 2.21. The summed E-state index contributed by atoms with van der Waals surface area (Å²) >= 11 is 3.50. The van der Waals surface area contributed by atoms with Crippen molar-refractivity contribution >= 4 is 39.1 Å². The number of nitrogens with one attached hydrogen (secondary N) is 1. The van der Waals surface area contributed by atoms with Crippen LogP contribution in [0.25, 0.3) is 10.1 Å². The molecule has 1 aliphatic heterocycles. The van der Waals surface area contributed by atoms with Crippen LogP contribution in [0.2, 0.25) is 0 Å². The van der Waals surface area contributed by atoms with Crippen molar-refractivity contribution in [2.24, 2.45) is 0 Å². The van der Waals surface area contributed by atoms with Gasteiger partial charge in [-0.25, -0.2) is 0 Å². The van der Waals surface area contributed by atoms with E-state index in [1.807, 2.05) is 42.1 Å². The summed E-state index contributed by atoms with van der Waals surface area (Å²) in [5, 5.41) is 4.19. The Morgan fingerprint density at radius 2 is 2.10 bits per heavy atom. The molecule has 0 bridgehead atoms. The van der Waals surface area contributed by atoms with Crippen LogP contribution in [0.5, 0.6) is 0 Å². The van der Waals surface area contributed by atoms with Crippen LogP contribution in [0.4, 0.5) is 0 Å². The highest BCUT2D eigenvalue weighted by Gasteiger charge is 2.32. The van der Waals surface area contributed by atoms with Gasteiger partial charge in [0.25, 0.3) is 5.91 Å². The van der Waals surface area contributed by atoms with Gasteiger partial charge >= 0.3 is 0 Å². The molecule has 0 unspecified atom stereocenters. The number of fused-ring (bicyclic) bond motifs is 1. The molecule has 2 heterocycles. The molecular weight excluding hydrogens is 302 g/mol. The molecule has 1 aromatic heterocycles. The van der Waals surface area contributed by atoms with Gasteiger partial charge in [0.1, 0.15) is 0 Å². The Morgan fingerprint density at radius 1 is 1.33 bits per heavy atom. The second-order valence-corrected chi connectivity index (χ2v) is 7.64. The molecule has 112 valence electrons. The van der Waals surface area contributed by atoms with Gasteiger partial charge in [0.15, 0.2) is 0 Å². The number of benzene rings is 1. The first-order valence-corrected chi connectivity index (χ1v) is 9.09. The Morgan fingerprint density at radius 3 is 2.81 bits per heavy atom. The molecule has 5 heteroatoms. The maximum Gasteiger partial charge on any atom is 0.261 e. The smallest absolute Gasteiger partial charge is 0.261 e. The van der Waals surface area contributed by atoms with Crippen molar-refractivity contribution in [3.05, 3.63) is 35.2 Å². The average molecular weight is 321 g/mol. The molecule has 0 spiro atoms. The lowest BCUT2D eigenvalue weighted by atomic mass is 9.96. The number of rotatable bonds is 4. The van der Waals surface area contributed by atoms with Crippen LogP contribution < -0.4 is 5.32 Å². The number of carbonyl (C=O) groups is 1. The predicted octanol–water partition coefficient (Wildman–Crippen LogP) is 3.54. The van der Waals surface area contributed by atoms with E-state index in [1.165, 1.54) is 0 Å². The molecule has 3 rings (SSSR count). The summed E-state index contributed by atoms with van der Waals surface area (Å²) in [6, 6.07) is 10.0. The third kappa shape index (κ3) is 3.25. The van der Waals surface area contributed by atoms with E-state index in [-0.39, 0.29) is 11.5 Å². The normalized spacial score (nSPS) is 17.8. The average Bonchev–Trinajstić information content (AvgIpc) is 2.97. The Labute approximate surface area is 133 Å². The zero-order valence-electron chi connectivity index (χ0n) is 12.1. The topological polar surface area (TPSA) is 38.3 Å². The van der Waals surface area contributed by atoms with Crippen LogP contribution in [-0.4, -0.2) is 36.7 Å². The molecule has 0 radical (unpaired) electrons. The van der Waals surface area contributed by atoms with Crippen molar-refractivity contribution in [3.8, 4) is 0 Å². The second-order valence-electron chi connectivity index (χ2n) is 5.33. The van der Waals surface area contributed by atoms with Crippen molar-refractivity contribution in [1.82, 2.24) is 5.32 Å². The van der Waals surface area contributed by atoms with Crippen LogP contribution in [0.3, 0.4) is 0 Å².